The van der Waals surface area contributed by atoms with Gasteiger partial charge in [0.25, 0.3) is 0 Å². The summed E-state index contributed by atoms with van der Waals surface area (Å²) in [5.41, 5.74) is 2.71. The second-order valence-corrected chi connectivity index (χ2v) is 5.30. The van der Waals surface area contributed by atoms with E-state index in [1.807, 2.05) is 19.1 Å². The fourth-order valence-electron chi connectivity index (χ4n) is 2.40. The summed E-state index contributed by atoms with van der Waals surface area (Å²) in [5.74, 6) is 0.919. The van der Waals surface area contributed by atoms with Crippen molar-refractivity contribution in [3.8, 4) is 0 Å². The lowest BCUT2D eigenvalue weighted by molar-refractivity contribution is 0.573. The summed E-state index contributed by atoms with van der Waals surface area (Å²) in [4.78, 5) is 6.93. The van der Waals surface area contributed by atoms with Crippen molar-refractivity contribution in [2.24, 2.45) is 0 Å². The lowest BCUT2D eigenvalue weighted by Gasteiger charge is -2.29. The average molecular weight is 270 g/mol. The maximum Gasteiger partial charge on any atom is 0.138 e. The van der Waals surface area contributed by atoms with Crippen LogP contribution in [0.2, 0.25) is 0 Å². The highest BCUT2D eigenvalue weighted by Gasteiger charge is 2.17. The Morgan fingerprint density at radius 2 is 1.85 bits per heavy atom. The van der Waals surface area contributed by atoms with E-state index in [0.717, 1.165) is 30.2 Å². The predicted molar refractivity (Wildman–Crippen MR) is 84.4 cm³/mol. The van der Waals surface area contributed by atoms with Gasteiger partial charge in [-0.3, -0.25) is 0 Å². The molecule has 2 rings (SSSR count). The van der Waals surface area contributed by atoms with Crippen molar-refractivity contribution < 1.29 is 0 Å². The van der Waals surface area contributed by atoms with Crippen LogP contribution in [0.1, 0.15) is 37.4 Å². The molecule has 106 valence electrons. The number of hydrogen-bond donors (Lipinski definition) is 2. The fourth-order valence-corrected chi connectivity index (χ4v) is 2.40. The highest BCUT2D eigenvalue weighted by molar-refractivity contribution is 6.12. The number of pyridine rings is 1. The van der Waals surface area contributed by atoms with E-state index in [2.05, 4.69) is 9.88 Å². The first-order valence-corrected chi connectivity index (χ1v) is 7.12. The molecule has 20 heavy (non-hydrogen) atoms. The highest BCUT2D eigenvalue weighted by Crippen LogP contribution is 2.23. The van der Waals surface area contributed by atoms with E-state index in [4.69, 9.17) is 10.8 Å². The van der Waals surface area contributed by atoms with Crippen molar-refractivity contribution in [1.29, 1.82) is 10.8 Å². The molecule has 0 saturated carbocycles. The van der Waals surface area contributed by atoms with Gasteiger partial charge in [-0.05, 0) is 57.4 Å². The molecule has 1 aliphatic heterocycles. The van der Waals surface area contributed by atoms with E-state index in [-0.39, 0.29) is 0 Å². The van der Waals surface area contributed by atoms with Crippen LogP contribution in [0.5, 0.6) is 0 Å². The topological polar surface area (TPSA) is 63.8 Å². The third-order valence-electron chi connectivity index (χ3n) is 3.46. The molecule has 4 heteroatoms. The minimum atomic E-state index is 0.421. The summed E-state index contributed by atoms with van der Waals surface area (Å²) in [7, 11) is 0. The lowest BCUT2D eigenvalue weighted by atomic mass is 10.1. The van der Waals surface area contributed by atoms with Gasteiger partial charge in [0.15, 0.2) is 0 Å². The van der Waals surface area contributed by atoms with Crippen LogP contribution in [0.4, 0.5) is 5.82 Å². The quantitative estimate of drug-likeness (QED) is 0.824. The summed E-state index contributed by atoms with van der Waals surface area (Å²) in [6, 6.07) is 3.92. The summed E-state index contributed by atoms with van der Waals surface area (Å²) >= 11 is 0. The average Bonchev–Trinajstić information content (AvgIpc) is 2.45. The highest BCUT2D eigenvalue weighted by atomic mass is 15.2. The van der Waals surface area contributed by atoms with E-state index < -0.39 is 0 Å². The van der Waals surface area contributed by atoms with Gasteiger partial charge in [0.2, 0.25) is 0 Å². The Morgan fingerprint density at radius 3 is 2.50 bits per heavy atom. The van der Waals surface area contributed by atoms with Crippen LogP contribution < -0.4 is 4.90 Å². The third kappa shape index (κ3) is 3.53. The van der Waals surface area contributed by atoms with E-state index >= 15 is 0 Å². The molecular weight excluding hydrogens is 248 g/mol. The van der Waals surface area contributed by atoms with E-state index in [0.29, 0.717) is 11.4 Å². The Balaban J connectivity index is 2.32. The molecule has 0 aliphatic carbocycles. The predicted octanol–water partition coefficient (Wildman–Crippen LogP) is 3.34. The van der Waals surface area contributed by atoms with Crippen molar-refractivity contribution in [2.75, 3.05) is 18.0 Å². The number of aromatic nitrogens is 1. The van der Waals surface area contributed by atoms with Crippen LogP contribution in [-0.2, 0) is 0 Å². The SMILES string of the molecule is CC(=N)/C=C\C(=N)c1ccc(C)nc1N1CCCCC1. The van der Waals surface area contributed by atoms with Gasteiger partial charge in [0.05, 0.1) is 5.71 Å². The number of nitrogens with one attached hydrogen (secondary N) is 2. The largest absolute Gasteiger partial charge is 0.356 e. The molecule has 0 bridgehead atoms. The molecule has 1 aromatic rings. The smallest absolute Gasteiger partial charge is 0.138 e. The Kier molecular flexibility index (Phi) is 4.66. The first kappa shape index (κ1) is 14.4. The van der Waals surface area contributed by atoms with Crippen molar-refractivity contribution in [3.05, 3.63) is 35.5 Å². The van der Waals surface area contributed by atoms with Crippen LogP contribution in [-0.4, -0.2) is 29.5 Å². The standard InChI is InChI=1S/C16H22N4/c1-12(17)6-9-15(18)14-8-7-13(2)19-16(14)20-10-4-3-5-11-20/h6-9,17-18H,3-5,10-11H2,1-2H3/b9-6-,17-12?,18-15?. The van der Waals surface area contributed by atoms with Gasteiger partial charge in [-0.15, -0.1) is 0 Å². The Morgan fingerprint density at radius 1 is 1.15 bits per heavy atom. The van der Waals surface area contributed by atoms with E-state index in [1.54, 1.807) is 19.1 Å². The molecule has 0 radical (unpaired) electrons. The van der Waals surface area contributed by atoms with Gasteiger partial charge < -0.3 is 15.7 Å². The molecule has 1 aromatic heterocycles. The molecule has 1 fully saturated rings. The number of hydrogen-bond acceptors (Lipinski definition) is 4. The Hall–Kier alpha value is -1.97. The van der Waals surface area contributed by atoms with Gasteiger partial charge in [-0.2, -0.15) is 0 Å². The number of rotatable bonds is 4. The molecule has 4 nitrogen and oxygen atoms in total. The molecule has 0 spiro atoms. The molecule has 2 heterocycles. The molecule has 0 atom stereocenters. The van der Waals surface area contributed by atoms with Gasteiger partial charge in [0.1, 0.15) is 5.82 Å². The summed E-state index contributed by atoms with van der Waals surface area (Å²) in [6.45, 7) is 5.73. The normalized spacial score (nSPS) is 15.6. The molecule has 1 aliphatic rings. The zero-order valence-corrected chi connectivity index (χ0v) is 12.2. The number of piperidine rings is 1. The molecule has 1 saturated heterocycles. The van der Waals surface area contributed by atoms with Crippen LogP contribution in [0.25, 0.3) is 0 Å². The number of anilines is 1. The second-order valence-electron chi connectivity index (χ2n) is 5.30. The van der Waals surface area contributed by atoms with Crippen molar-refractivity contribution in [3.63, 3.8) is 0 Å². The van der Waals surface area contributed by atoms with E-state index in [1.165, 1.54) is 19.3 Å². The minimum absolute atomic E-state index is 0.421. The summed E-state index contributed by atoms with van der Waals surface area (Å²) < 4.78 is 0. The molecule has 0 aromatic carbocycles. The van der Waals surface area contributed by atoms with Gasteiger partial charge >= 0.3 is 0 Å². The molecular formula is C16H22N4. The lowest BCUT2D eigenvalue weighted by Crippen LogP contribution is -2.31. The van der Waals surface area contributed by atoms with Crippen LogP contribution >= 0.6 is 0 Å². The van der Waals surface area contributed by atoms with Crippen molar-refractivity contribution in [2.45, 2.75) is 33.1 Å². The molecule has 0 amide bonds. The summed E-state index contributed by atoms with van der Waals surface area (Å²) in [6.07, 6.45) is 7.00. The number of nitrogens with zero attached hydrogens (tertiary/aromatic N) is 2. The van der Waals surface area contributed by atoms with Gasteiger partial charge in [0, 0.05) is 30.1 Å². The first-order valence-electron chi connectivity index (χ1n) is 7.12. The van der Waals surface area contributed by atoms with Gasteiger partial charge in [-0.1, -0.05) is 0 Å². The summed E-state index contributed by atoms with van der Waals surface area (Å²) in [5, 5.41) is 15.6. The number of aryl methyl sites for hydroxylation is 1. The monoisotopic (exact) mass is 270 g/mol. The maximum absolute atomic E-state index is 8.20. The van der Waals surface area contributed by atoms with Crippen molar-refractivity contribution >= 4 is 17.2 Å². The van der Waals surface area contributed by atoms with Crippen LogP contribution in [0.3, 0.4) is 0 Å². The first-order chi connectivity index (χ1) is 9.58. The zero-order valence-electron chi connectivity index (χ0n) is 12.2. The van der Waals surface area contributed by atoms with Crippen molar-refractivity contribution in [1.82, 2.24) is 4.98 Å². The van der Waals surface area contributed by atoms with Crippen LogP contribution in [0, 0.1) is 17.7 Å². The molecule has 0 unspecified atom stereocenters. The fraction of sp³-hybridized carbons (Fsp3) is 0.438. The van der Waals surface area contributed by atoms with Gasteiger partial charge in [-0.25, -0.2) is 4.98 Å². The van der Waals surface area contributed by atoms with E-state index in [9.17, 15) is 0 Å². The number of allylic oxidation sites excluding steroid dienone is 2. The Bertz CT molecular complexity index is 539. The van der Waals surface area contributed by atoms with Crippen LogP contribution in [0.15, 0.2) is 24.3 Å². The molecule has 2 N–H and O–H groups in total. The second kappa shape index (κ2) is 6.46. The maximum atomic E-state index is 8.20. The zero-order chi connectivity index (χ0) is 14.5. The minimum Gasteiger partial charge on any atom is -0.356 e. The third-order valence-corrected chi connectivity index (χ3v) is 3.46. The Labute approximate surface area is 120 Å².